The molecule has 0 aliphatic carbocycles. The number of aliphatic imine (C=N–C) groups is 1. The Labute approximate surface area is 117 Å². The third-order valence-corrected chi connectivity index (χ3v) is 3.95. The van der Waals surface area contributed by atoms with Crippen LogP contribution < -0.4 is 5.43 Å². The third kappa shape index (κ3) is 5.17. The van der Waals surface area contributed by atoms with E-state index in [1.165, 1.54) is 12.8 Å². The summed E-state index contributed by atoms with van der Waals surface area (Å²) < 4.78 is 0. The van der Waals surface area contributed by atoms with E-state index in [1.807, 2.05) is 25.9 Å². The molecule has 0 heterocycles. The maximum absolute atomic E-state index is 5.50. The van der Waals surface area contributed by atoms with E-state index in [9.17, 15) is 0 Å². The van der Waals surface area contributed by atoms with E-state index in [1.54, 1.807) is 0 Å². The van der Waals surface area contributed by atoms with Gasteiger partial charge in [0.25, 0.3) is 0 Å². The van der Waals surface area contributed by atoms with Gasteiger partial charge >= 0.3 is 0 Å². The minimum absolute atomic E-state index is 0.0232. The van der Waals surface area contributed by atoms with Gasteiger partial charge in [-0.15, -0.1) is 0 Å². The Kier molecular flexibility index (Phi) is 7.14. The van der Waals surface area contributed by atoms with Crippen LogP contribution in [-0.4, -0.2) is 23.8 Å². The van der Waals surface area contributed by atoms with Gasteiger partial charge in [-0.25, -0.2) is 0 Å². The van der Waals surface area contributed by atoms with Gasteiger partial charge in [-0.2, -0.15) is 0 Å². The molecule has 0 aromatic heterocycles. The van der Waals surface area contributed by atoms with Crippen LogP contribution >= 0.6 is 12.2 Å². The fourth-order valence-corrected chi connectivity index (χ4v) is 1.72. The summed E-state index contributed by atoms with van der Waals surface area (Å²) in [4.78, 5) is 4.80. The van der Waals surface area contributed by atoms with Crippen LogP contribution in [0.2, 0.25) is 0 Å². The average molecular weight is 269 g/mol. The van der Waals surface area contributed by atoms with Crippen LogP contribution in [0.1, 0.15) is 53.9 Å². The molecule has 0 rings (SSSR count). The van der Waals surface area contributed by atoms with Gasteiger partial charge in [0.05, 0.1) is 16.4 Å². The van der Waals surface area contributed by atoms with Gasteiger partial charge in [-0.05, 0) is 27.0 Å². The summed E-state index contributed by atoms with van der Waals surface area (Å²) in [7, 11) is 1.95. The lowest BCUT2D eigenvalue weighted by Gasteiger charge is -2.31. The molecule has 0 bridgehead atoms. The molecule has 0 saturated heterocycles. The van der Waals surface area contributed by atoms with Gasteiger partial charge in [-0.3, -0.25) is 15.4 Å². The first-order chi connectivity index (χ1) is 8.26. The number of unbranched alkanes of at least 4 members (excludes halogenated alkanes) is 1. The van der Waals surface area contributed by atoms with Crippen LogP contribution in [0.25, 0.3) is 0 Å². The third-order valence-electron chi connectivity index (χ3n) is 3.30. The molecule has 0 spiro atoms. The Morgan fingerprint density at radius 3 is 2.39 bits per heavy atom. The lowest BCUT2D eigenvalue weighted by atomic mass is 9.87. The predicted molar refractivity (Wildman–Crippen MR) is 84.7 cm³/mol. The van der Waals surface area contributed by atoms with Crippen molar-refractivity contribution in [3.8, 4) is 0 Å². The van der Waals surface area contributed by atoms with Crippen molar-refractivity contribution >= 4 is 23.9 Å². The Morgan fingerprint density at radius 2 is 1.94 bits per heavy atom. The summed E-state index contributed by atoms with van der Waals surface area (Å²) in [6, 6.07) is 0. The molecule has 0 aromatic carbocycles. The minimum Gasteiger partial charge on any atom is -0.293 e. The summed E-state index contributed by atoms with van der Waals surface area (Å²) in [5.41, 5.74) is 5.21. The number of thiocarbonyl (C=S) groups is 1. The Morgan fingerprint density at radius 1 is 1.39 bits per heavy atom. The second-order valence-electron chi connectivity index (χ2n) is 5.32. The van der Waals surface area contributed by atoms with Crippen LogP contribution in [0.15, 0.2) is 16.4 Å². The number of hydrogen-bond donors (Lipinski definition) is 1. The molecule has 0 radical (unpaired) electrons. The quantitative estimate of drug-likeness (QED) is 0.431. The predicted octanol–water partition coefficient (Wildman–Crippen LogP) is 3.92. The molecule has 104 valence electrons. The molecular formula is C14H27N3S. The highest BCUT2D eigenvalue weighted by Crippen LogP contribution is 2.25. The molecule has 0 atom stereocenters. The second kappa shape index (κ2) is 7.52. The van der Waals surface area contributed by atoms with Crippen LogP contribution in [0, 0.1) is 5.41 Å². The standard InChI is InChI=1S/C14H27N3S/c1-8-9-10-14(4,5)13(18)16-17(7)12(3)11(2)15-6/h6,8-10H2,1-5,7H3,(H,16,18)/b12-11-. The van der Waals surface area contributed by atoms with Crippen LogP contribution in [0.5, 0.6) is 0 Å². The number of hydrogen-bond acceptors (Lipinski definition) is 3. The number of hydrazine groups is 1. The zero-order valence-corrected chi connectivity index (χ0v) is 13.4. The molecule has 0 aliphatic heterocycles. The average Bonchev–Trinajstić information content (AvgIpc) is 2.34. The first kappa shape index (κ1) is 17.1. The SMILES string of the molecule is C=N/C(C)=C(/C)N(C)NC(=S)C(C)(C)CCCC. The van der Waals surface area contributed by atoms with Crippen molar-refractivity contribution in [1.82, 2.24) is 10.4 Å². The molecule has 0 aliphatic rings. The Balaban J connectivity index is 4.61. The molecular weight excluding hydrogens is 242 g/mol. The molecule has 4 heteroatoms. The second-order valence-corrected chi connectivity index (χ2v) is 5.72. The normalized spacial score (nSPS) is 12.8. The van der Waals surface area contributed by atoms with Crippen molar-refractivity contribution in [3.05, 3.63) is 11.4 Å². The van der Waals surface area contributed by atoms with Crippen molar-refractivity contribution in [2.24, 2.45) is 10.4 Å². The van der Waals surface area contributed by atoms with Gasteiger partial charge in [0, 0.05) is 12.5 Å². The monoisotopic (exact) mass is 269 g/mol. The van der Waals surface area contributed by atoms with Gasteiger partial charge in [0.2, 0.25) is 0 Å². The summed E-state index contributed by atoms with van der Waals surface area (Å²) >= 11 is 5.50. The molecule has 0 aromatic rings. The number of nitrogens with zero attached hydrogens (tertiary/aromatic N) is 2. The number of nitrogens with one attached hydrogen (secondary N) is 1. The lowest BCUT2D eigenvalue weighted by Crippen LogP contribution is -2.44. The smallest absolute Gasteiger partial charge is 0.0998 e. The Hall–Kier alpha value is -0.900. The maximum Gasteiger partial charge on any atom is 0.0998 e. The lowest BCUT2D eigenvalue weighted by molar-refractivity contribution is 0.339. The summed E-state index contributed by atoms with van der Waals surface area (Å²) in [6.07, 6.45) is 3.49. The van der Waals surface area contributed by atoms with Crippen molar-refractivity contribution in [1.29, 1.82) is 0 Å². The van der Waals surface area contributed by atoms with Gasteiger partial charge in [-0.1, -0.05) is 45.8 Å². The first-order valence-corrected chi connectivity index (χ1v) is 6.86. The van der Waals surface area contributed by atoms with E-state index in [4.69, 9.17) is 12.2 Å². The van der Waals surface area contributed by atoms with E-state index < -0.39 is 0 Å². The molecule has 1 N–H and O–H groups in total. The summed E-state index contributed by atoms with van der Waals surface area (Å²) in [6.45, 7) is 14.0. The highest BCUT2D eigenvalue weighted by atomic mass is 32.1. The highest BCUT2D eigenvalue weighted by molar-refractivity contribution is 7.80. The molecule has 0 amide bonds. The van der Waals surface area contributed by atoms with E-state index in [0.29, 0.717) is 0 Å². The van der Waals surface area contributed by atoms with Crippen molar-refractivity contribution in [3.63, 3.8) is 0 Å². The van der Waals surface area contributed by atoms with E-state index in [2.05, 4.69) is 37.9 Å². The summed E-state index contributed by atoms with van der Waals surface area (Å²) in [5.74, 6) is 0. The van der Waals surface area contributed by atoms with Crippen LogP contribution in [-0.2, 0) is 0 Å². The van der Waals surface area contributed by atoms with Gasteiger partial charge < -0.3 is 0 Å². The highest BCUT2D eigenvalue weighted by Gasteiger charge is 2.24. The Bertz CT molecular complexity index is 332. The fourth-order valence-electron chi connectivity index (χ4n) is 1.48. The molecule has 0 fully saturated rings. The van der Waals surface area contributed by atoms with Crippen LogP contribution in [0.4, 0.5) is 0 Å². The molecule has 3 nitrogen and oxygen atoms in total. The van der Waals surface area contributed by atoms with E-state index in [0.717, 1.165) is 22.8 Å². The number of allylic oxidation sites excluding steroid dienone is 2. The first-order valence-electron chi connectivity index (χ1n) is 6.45. The zero-order valence-electron chi connectivity index (χ0n) is 12.6. The minimum atomic E-state index is 0.0232. The van der Waals surface area contributed by atoms with Crippen LogP contribution in [0.3, 0.4) is 0 Å². The number of rotatable bonds is 7. The van der Waals surface area contributed by atoms with Gasteiger partial charge in [0.15, 0.2) is 0 Å². The van der Waals surface area contributed by atoms with Crippen molar-refractivity contribution < 1.29 is 0 Å². The summed E-state index contributed by atoms with van der Waals surface area (Å²) in [5, 5.41) is 1.92. The fraction of sp³-hybridized carbons (Fsp3) is 0.714. The van der Waals surface area contributed by atoms with E-state index in [-0.39, 0.29) is 5.41 Å². The van der Waals surface area contributed by atoms with Crippen molar-refractivity contribution in [2.75, 3.05) is 7.05 Å². The largest absolute Gasteiger partial charge is 0.293 e. The van der Waals surface area contributed by atoms with E-state index >= 15 is 0 Å². The molecule has 18 heavy (non-hydrogen) atoms. The maximum atomic E-state index is 5.50. The van der Waals surface area contributed by atoms with Gasteiger partial charge in [0.1, 0.15) is 0 Å². The topological polar surface area (TPSA) is 27.6 Å². The van der Waals surface area contributed by atoms with Crippen molar-refractivity contribution in [2.45, 2.75) is 53.9 Å². The zero-order chi connectivity index (χ0) is 14.3. The molecule has 0 saturated carbocycles. The molecule has 0 unspecified atom stereocenters.